The normalized spacial score (nSPS) is 14.6. The van der Waals surface area contributed by atoms with E-state index in [1.54, 1.807) is 0 Å². The number of halogens is 2. The van der Waals surface area contributed by atoms with Crippen molar-refractivity contribution in [3.63, 3.8) is 0 Å². The van der Waals surface area contributed by atoms with Crippen molar-refractivity contribution in [1.82, 2.24) is 4.31 Å². The number of rotatable bonds is 5. The zero-order valence-electron chi connectivity index (χ0n) is 15.4. The SMILES string of the molecule is COC(=O)c1ccc(F)c(NC(=O)c2cc(S(=O)(=O)N3CCCC3)ccc2Br)c1. The predicted molar refractivity (Wildman–Crippen MR) is 108 cm³/mol. The first-order valence-electron chi connectivity index (χ1n) is 8.73. The molecule has 0 radical (unpaired) electrons. The maximum absolute atomic E-state index is 14.1. The molecule has 1 saturated heterocycles. The van der Waals surface area contributed by atoms with E-state index in [0.29, 0.717) is 17.6 Å². The minimum absolute atomic E-state index is 0.0171. The van der Waals surface area contributed by atoms with Gasteiger partial charge in [0.2, 0.25) is 10.0 Å². The van der Waals surface area contributed by atoms with Gasteiger partial charge in [-0.15, -0.1) is 0 Å². The Kier molecular flexibility index (Phi) is 6.35. The third-order valence-corrected chi connectivity index (χ3v) is 7.11. The Morgan fingerprint density at radius 2 is 1.83 bits per heavy atom. The highest BCUT2D eigenvalue weighted by Gasteiger charge is 2.28. The minimum Gasteiger partial charge on any atom is -0.465 e. The Hall–Kier alpha value is -2.30. The van der Waals surface area contributed by atoms with Crippen LogP contribution in [0.1, 0.15) is 33.6 Å². The van der Waals surface area contributed by atoms with E-state index in [-0.39, 0.29) is 21.7 Å². The zero-order valence-corrected chi connectivity index (χ0v) is 17.8. The summed E-state index contributed by atoms with van der Waals surface area (Å²) in [6.07, 6.45) is 1.58. The van der Waals surface area contributed by atoms with Gasteiger partial charge < -0.3 is 10.1 Å². The summed E-state index contributed by atoms with van der Waals surface area (Å²) in [6.45, 7) is 0.872. The highest BCUT2D eigenvalue weighted by Crippen LogP contribution is 2.27. The Bertz CT molecular complexity index is 1070. The van der Waals surface area contributed by atoms with Crippen LogP contribution in [0, 0.1) is 5.82 Å². The topological polar surface area (TPSA) is 92.8 Å². The van der Waals surface area contributed by atoms with Gasteiger partial charge >= 0.3 is 5.97 Å². The molecule has 154 valence electrons. The minimum atomic E-state index is -3.72. The summed E-state index contributed by atoms with van der Waals surface area (Å²) in [5.41, 5.74) is -0.139. The lowest BCUT2D eigenvalue weighted by Gasteiger charge is -2.16. The Balaban J connectivity index is 1.91. The fraction of sp³-hybridized carbons (Fsp3) is 0.263. The number of nitrogens with zero attached hydrogens (tertiary/aromatic N) is 1. The highest BCUT2D eigenvalue weighted by molar-refractivity contribution is 9.10. The molecule has 29 heavy (non-hydrogen) atoms. The van der Waals surface area contributed by atoms with Crippen LogP contribution in [0.2, 0.25) is 0 Å². The van der Waals surface area contributed by atoms with Crippen LogP contribution in [-0.4, -0.2) is 44.8 Å². The zero-order chi connectivity index (χ0) is 21.2. The van der Waals surface area contributed by atoms with Crippen molar-refractivity contribution in [1.29, 1.82) is 0 Å². The van der Waals surface area contributed by atoms with E-state index in [4.69, 9.17) is 0 Å². The fourth-order valence-electron chi connectivity index (χ4n) is 2.97. The van der Waals surface area contributed by atoms with Gasteiger partial charge in [-0.3, -0.25) is 4.79 Å². The van der Waals surface area contributed by atoms with Gasteiger partial charge in [-0.05, 0) is 65.2 Å². The summed E-state index contributed by atoms with van der Waals surface area (Å²) >= 11 is 3.22. The first-order chi connectivity index (χ1) is 13.7. The van der Waals surface area contributed by atoms with E-state index >= 15 is 0 Å². The highest BCUT2D eigenvalue weighted by atomic mass is 79.9. The Morgan fingerprint density at radius 1 is 1.14 bits per heavy atom. The lowest BCUT2D eigenvalue weighted by atomic mass is 10.1. The molecule has 10 heteroatoms. The smallest absolute Gasteiger partial charge is 0.337 e. The second-order valence-electron chi connectivity index (χ2n) is 6.39. The lowest BCUT2D eigenvalue weighted by molar-refractivity contribution is 0.0600. The molecule has 0 aromatic heterocycles. The van der Waals surface area contributed by atoms with Gasteiger partial charge in [0.05, 0.1) is 28.8 Å². The number of esters is 1. The molecule has 1 N–H and O–H groups in total. The molecule has 0 atom stereocenters. The van der Waals surface area contributed by atoms with Crippen molar-refractivity contribution in [2.75, 3.05) is 25.5 Å². The van der Waals surface area contributed by atoms with Crippen molar-refractivity contribution >= 4 is 43.5 Å². The van der Waals surface area contributed by atoms with Crippen LogP contribution in [0.25, 0.3) is 0 Å². The number of benzene rings is 2. The van der Waals surface area contributed by atoms with Crippen LogP contribution in [0.15, 0.2) is 45.8 Å². The number of methoxy groups -OCH3 is 1. The summed E-state index contributed by atoms with van der Waals surface area (Å²) in [7, 11) is -2.53. The van der Waals surface area contributed by atoms with Crippen LogP contribution < -0.4 is 5.32 Å². The van der Waals surface area contributed by atoms with Gasteiger partial charge in [-0.25, -0.2) is 17.6 Å². The van der Waals surface area contributed by atoms with Gasteiger partial charge in [0.1, 0.15) is 5.82 Å². The summed E-state index contributed by atoms with van der Waals surface area (Å²) in [4.78, 5) is 24.3. The van der Waals surface area contributed by atoms with Crippen molar-refractivity contribution in [3.05, 3.63) is 57.8 Å². The first kappa shape index (κ1) is 21.4. The second kappa shape index (κ2) is 8.60. The summed E-state index contributed by atoms with van der Waals surface area (Å²) in [6, 6.07) is 7.53. The van der Waals surface area contributed by atoms with E-state index < -0.39 is 27.7 Å². The van der Waals surface area contributed by atoms with Gasteiger partial charge in [-0.2, -0.15) is 4.31 Å². The number of anilines is 1. The van der Waals surface area contributed by atoms with E-state index in [1.807, 2.05) is 0 Å². The Morgan fingerprint density at radius 3 is 2.48 bits per heavy atom. The molecule has 2 aromatic carbocycles. The molecule has 1 aliphatic heterocycles. The van der Waals surface area contributed by atoms with Crippen molar-refractivity contribution in [3.8, 4) is 0 Å². The molecule has 0 saturated carbocycles. The molecular weight excluding hydrogens is 467 g/mol. The predicted octanol–water partition coefficient (Wildman–Crippen LogP) is 3.41. The number of carbonyl (C=O) groups excluding carboxylic acids is 2. The molecule has 3 rings (SSSR count). The number of nitrogens with one attached hydrogen (secondary N) is 1. The second-order valence-corrected chi connectivity index (χ2v) is 9.19. The van der Waals surface area contributed by atoms with E-state index in [9.17, 15) is 22.4 Å². The molecule has 1 fully saturated rings. The number of sulfonamides is 1. The largest absolute Gasteiger partial charge is 0.465 e. The quantitative estimate of drug-likeness (QED) is 0.656. The molecule has 1 amide bonds. The van der Waals surface area contributed by atoms with Gasteiger partial charge in [0, 0.05) is 17.6 Å². The van der Waals surface area contributed by atoms with Crippen LogP contribution in [0.3, 0.4) is 0 Å². The fourth-order valence-corrected chi connectivity index (χ4v) is 4.94. The molecule has 7 nitrogen and oxygen atoms in total. The standard InChI is InChI=1S/C19H18BrFN2O5S/c1-28-19(25)12-4-7-16(21)17(10-12)22-18(24)14-11-13(5-6-15(14)20)29(26,27)23-8-2-3-9-23/h4-7,10-11H,2-3,8-9H2,1H3,(H,22,24). The van der Waals surface area contributed by atoms with Crippen molar-refractivity contribution < 1.29 is 27.1 Å². The van der Waals surface area contributed by atoms with Crippen LogP contribution >= 0.6 is 15.9 Å². The maximum atomic E-state index is 14.1. The lowest BCUT2D eigenvalue weighted by Crippen LogP contribution is -2.28. The number of hydrogen-bond acceptors (Lipinski definition) is 5. The van der Waals surface area contributed by atoms with E-state index in [0.717, 1.165) is 25.0 Å². The molecule has 1 heterocycles. The Labute approximate surface area is 176 Å². The molecular formula is C19H18BrFN2O5S. The number of ether oxygens (including phenoxy) is 1. The van der Waals surface area contributed by atoms with E-state index in [1.165, 1.54) is 35.7 Å². The summed E-state index contributed by atoms with van der Waals surface area (Å²) < 4.78 is 45.9. The number of hydrogen-bond donors (Lipinski definition) is 1. The van der Waals surface area contributed by atoms with Crippen molar-refractivity contribution in [2.45, 2.75) is 17.7 Å². The van der Waals surface area contributed by atoms with Gasteiger partial charge in [-0.1, -0.05) is 0 Å². The summed E-state index contributed by atoms with van der Waals surface area (Å²) in [5.74, 6) is -2.15. The van der Waals surface area contributed by atoms with E-state index in [2.05, 4.69) is 26.0 Å². The molecule has 0 aliphatic carbocycles. The molecule has 0 unspecified atom stereocenters. The number of carbonyl (C=O) groups is 2. The van der Waals surface area contributed by atoms with Crippen molar-refractivity contribution in [2.24, 2.45) is 0 Å². The molecule has 1 aliphatic rings. The average molecular weight is 485 g/mol. The molecule has 0 bridgehead atoms. The van der Waals surface area contributed by atoms with Crippen LogP contribution in [-0.2, 0) is 14.8 Å². The third kappa shape index (κ3) is 4.49. The van der Waals surface area contributed by atoms with Gasteiger partial charge in [0.15, 0.2) is 0 Å². The molecule has 2 aromatic rings. The first-order valence-corrected chi connectivity index (χ1v) is 11.0. The third-order valence-electron chi connectivity index (χ3n) is 4.52. The monoisotopic (exact) mass is 484 g/mol. The van der Waals surface area contributed by atoms with Crippen LogP contribution in [0.4, 0.5) is 10.1 Å². The maximum Gasteiger partial charge on any atom is 0.337 e. The number of amides is 1. The van der Waals surface area contributed by atoms with Gasteiger partial charge in [0.25, 0.3) is 5.91 Å². The van der Waals surface area contributed by atoms with Crippen LogP contribution in [0.5, 0.6) is 0 Å². The summed E-state index contributed by atoms with van der Waals surface area (Å²) in [5, 5.41) is 2.37. The average Bonchev–Trinajstić information content (AvgIpc) is 3.25. The molecule has 0 spiro atoms.